The minimum atomic E-state index is -0.720. The number of hydrogen-bond acceptors (Lipinski definition) is 5. The monoisotopic (exact) mass is 420 g/mol. The summed E-state index contributed by atoms with van der Waals surface area (Å²) < 4.78 is 12.3. The first-order valence-electron chi connectivity index (χ1n) is 9.75. The molecule has 2 amide bonds. The first kappa shape index (κ1) is 21.8. The van der Waals surface area contributed by atoms with Crippen LogP contribution in [0.15, 0.2) is 60.7 Å². The van der Waals surface area contributed by atoms with Crippen molar-refractivity contribution in [2.75, 3.05) is 13.7 Å². The van der Waals surface area contributed by atoms with Crippen LogP contribution in [0.5, 0.6) is 5.75 Å². The fourth-order valence-electron chi connectivity index (χ4n) is 3.29. The molecule has 160 valence electrons. The average molecular weight is 420 g/mol. The number of aromatic nitrogens is 1. The van der Waals surface area contributed by atoms with E-state index in [1.54, 1.807) is 24.3 Å². The number of methoxy groups -OCH3 is 1. The zero-order chi connectivity index (χ0) is 22.4. The molecule has 3 aromatic rings. The number of hydrogen-bond donors (Lipinski definition) is 1. The number of carbonyl (C=O) groups excluding carboxylic acids is 3. The maximum Gasteiger partial charge on any atom is 0.340 e. The van der Waals surface area contributed by atoms with Gasteiger partial charge in [-0.25, -0.2) is 4.79 Å². The molecule has 1 aromatic heterocycles. The third kappa shape index (κ3) is 5.19. The SMILES string of the molecule is COc1ccccc1C(=O)NC(=O)COC(=O)c1cc(C)n(Cc2ccccc2)c1C. The standard InChI is InChI=1S/C24H24N2O5/c1-16-13-20(17(2)26(16)14-18-9-5-4-6-10-18)24(29)31-15-22(27)25-23(28)19-11-7-8-12-21(19)30-3/h4-13H,14-15H2,1-3H3,(H,25,27,28). The molecule has 0 bridgehead atoms. The lowest BCUT2D eigenvalue weighted by Gasteiger charge is -2.10. The summed E-state index contributed by atoms with van der Waals surface area (Å²) in [5.74, 6) is -1.62. The van der Waals surface area contributed by atoms with E-state index in [0.717, 1.165) is 17.0 Å². The molecule has 0 aliphatic heterocycles. The highest BCUT2D eigenvalue weighted by Crippen LogP contribution is 2.19. The van der Waals surface area contributed by atoms with Crippen LogP contribution in [0.25, 0.3) is 0 Å². The number of benzene rings is 2. The summed E-state index contributed by atoms with van der Waals surface area (Å²) >= 11 is 0. The average Bonchev–Trinajstić information content (AvgIpc) is 3.06. The van der Waals surface area contributed by atoms with E-state index in [0.29, 0.717) is 17.9 Å². The first-order chi connectivity index (χ1) is 14.9. The lowest BCUT2D eigenvalue weighted by Crippen LogP contribution is -2.34. The summed E-state index contributed by atoms with van der Waals surface area (Å²) in [4.78, 5) is 36.9. The summed E-state index contributed by atoms with van der Waals surface area (Å²) in [6.45, 7) is 3.80. The molecule has 2 aromatic carbocycles. The summed E-state index contributed by atoms with van der Waals surface area (Å²) in [6, 6.07) is 18.2. The van der Waals surface area contributed by atoms with Crippen molar-refractivity contribution < 1.29 is 23.9 Å². The van der Waals surface area contributed by atoms with E-state index in [1.165, 1.54) is 13.2 Å². The number of nitrogens with zero attached hydrogens (tertiary/aromatic N) is 1. The highest BCUT2D eigenvalue weighted by Gasteiger charge is 2.20. The van der Waals surface area contributed by atoms with Crippen LogP contribution in [0.1, 0.15) is 37.7 Å². The Morgan fingerprint density at radius 3 is 2.32 bits per heavy atom. The molecule has 0 unspecified atom stereocenters. The topological polar surface area (TPSA) is 86.6 Å². The van der Waals surface area contributed by atoms with Crippen LogP contribution in [0.4, 0.5) is 0 Å². The Kier molecular flexibility index (Phi) is 6.87. The fourth-order valence-corrected chi connectivity index (χ4v) is 3.29. The largest absolute Gasteiger partial charge is 0.496 e. The quantitative estimate of drug-likeness (QED) is 0.593. The van der Waals surface area contributed by atoms with E-state index in [2.05, 4.69) is 5.32 Å². The van der Waals surface area contributed by atoms with Crippen LogP contribution >= 0.6 is 0 Å². The van der Waals surface area contributed by atoms with E-state index in [1.807, 2.05) is 48.7 Å². The molecule has 0 fully saturated rings. The molecule has 7 nitrogen and oxygen atoms in total. The van der Waals surface area contributed by atoms with E-state index in [-0.39, 0.29) is 5.56 Å². The van der Waals surface area contributed by atoms with E-state index in [9.17, 15) is 14.4 Å². The molecule has 0 atom stereocenters. The smallest absolute Gasteiger partial charge is 0.340 e. The van der Waals surface area contributed by atoms with Gasteiger partial charge >= 0.3 is 5.97 Å². The molecule has 1 N–H and O–H groups in total. The van der Waals surface area contributed by atoms with Gasteiger partial charge in [0.2, 0.25) is 0 Å². The number of imide groups is 1. The minimum absolute atomic E-state index is 0.217. The highest BCUT2D eigenvalue weighted by atomic mass is 16.5. The molecule has 0 radical (unpaired) electrons. The number of carbonyl (C=O) groups is 3. The van der Waals surface area contributed by atoms with Gasteiger partial charge in [-0.2, -0.15) is 0 Å². The van der Waals surface area contributed by atoms with Gasteiger partial charge in [0, 0.05) is 17.9 Å². The Balaban J connectivity index is 1.61. The van der Waals surface area contributed by atoms with Crippen molar-refractivity contribution >= 4 is 17.8 Å². The molecule has 1 heterocycles. The van der Waals surface area contributed by atoms with Gasteiger partial charge in [0.25, 0.3) is 11.8 Å². The molecule has 0 spiro atoms. The van der Waals surface area contributed by atoms with Crippen molar-refractivity contribution in [1.29, 1.82) is 0 Å². The zero-order valence-corrected chi connectivity index (χ0v) is 17.7. The third-order valence-electron chi connectivity index (χ3n) is 4.92. The highest BCUT2D eigenvalue weighted by molar-refractivity contribution is 6.07. The summed E-state index contributed by atoms with van der Waals surface area (Å²) in [5.41, 5.74) is 3.37. The van der Waals surface area contributed by atoms with Crippen molar-refractivity contribution in [1.82, 2.24) is 9.88 Å². The Morgan fingerprint density at radius 1 is 0.935 bits per heavy atom. The molecule has 31 heavy (non-hydrogen) atoms. The van der Waals surface area contributed by atoms with Gasteiger partial charge in [0.05, 0.1) is 18.2 Å². The van der Waals surface area contributed by atoms with Crippen LogP contribution in [0.2, 0.25) is 0 Å². The van der Waals surface area contributed by atoms with Gasteiger partial charge in [0.1, 0.15) is 5.75 Å². The first-order valence-corrected chi connectivity index (χ1v) is 9.75. The van der Waals surface area contributed by atoms with Gasteiger partial charge in [-0.3, -0.25) is 14.9 Å². The number of amides is 2. The Labute approximate surface area is 180 Å². The van der Waals surface area contributed by atoms with Crippen molar-refractivity contribution in [2.45, 2.75) is 20.4 Å². The van der Waals surface area contributed by atoms with Crippen molar-refractivity contribution in [2.24, 2.45) is 0 Å². The van der Waals surface area contributed by atoms with Crippen LogP contribution in [-0.4, -0.2) is 36.1 Å². The third-order valence-corrected chi connectivity index (χ3v) is 4.92. The molecular formula is C24H24N2O5. The fraction of sp³-hybridized carbons (Fsp3) is 0.208. The number of aryl methyl sites for hydroxylation is 1. The Hall–Kier alpha value is -3.87. The second-order valence-electron chi connectivity index (χ2n) is 7.01. The molecule has 0 saturated heterocycles. The van der Waals surface area contributed by atoms with E-state index < -0.39 is 24.4 Å². The number of nitrogens with one attached hydrogen (secondary N) is 1. The lowest BCUT2D eigenvalue weighted by molar-refractivity contribution is -0.123. The van der Waals surface area contributed by atoms with Crippen molar-refractivity contribution in [3.8, 4) is 5.75 Å². The van der Waals surface area contributed by atoms with Gasteiger partial charge in [-0.15, -0.1) is 0 Å². The van der Waals surface area contributed by atoms with Gasteiger partial charge in [-0.05, 0) is 37.6 Å². The molecule has 0 aliphatic rings. The van der Waals surface area contributed by atoms with Gasteiger partial charge in [0.15, 0.2) is 6.61 Å². The second-order valence-corrected chi connectivity index (χ2v) is 7.01. The van der Waals surface area contributed by atoms with Gasteiger partial charge in [-0.1, -0.05) is 42.5 Å². The maximum atomic E-state index is 12.5. The normalized spacial score (nSPS) is 10.4. The van der Waals surface area contributed by atoms with Crippen LogP contribution < -0.4 is 10.1 Å². The number of para-hydroxylation sites is 1. The van der Waals surface area contributed by atoms with Crippen LogP contribution in [-0.2, 0) is 16.1 Å². The number of ether oxygens (including phenoxy) is 2. The predicted octanol–water partition coefficient (Wildman–Crippen LogP) is 3.28. The summed E-state index contributed by atoms with van der Waals surface area (Å²) in [5, 5.41) is 2.20. The molecule has 0 saturated carbocycles. The summed E-state index contributed by atoms with van der Waals surface area (Å²) in [6.07, 6.45) is 0. The Morgan fingerprint density at radius 2 is 1.61 bits per heavy atom. The maximum absolute atomic E-state index is 12.5. The molecule has 0 aliphatic carbocycles. The van der Waals surface area contributed by atoms with Gasteiger partial charge < -0.3 is 14.0 Å². The Bertz CT molecular complexity index is 1100. The lowest BCUT2D eigenvalue weighted by atomic mass is 10.2. The zero-order valence-electron chi connectivity index (χ0n) is 17.7. The summed E-state index contributed by atoms with van der Waals surface area (Å²) in [7, 11) is 1.43. The number of rotatable bonds is 7. The van der Waals surface area contributed by atoms with Crippen LogP contribution in [0, 0.1) is 13.8 Å². The molecule has 3 rings (SSSR count). The van der Waals surface area contributed by atoms with Crippen LogP contribution in [0.3, 0.4) is 0 Å². The molecule has 7 heteroatoms. The van der Waals surface area contributed by atoms with Crippen molar-refractivity contribution in [3.05, 3.63) is 88.7 Å². The molecular weight excluding hydrogens is 396 g/mol. The second kappa shape index (κ2) is 9.75. The predicted molar refractivity (Wildman–Crippen MR) is 115 cm³/mol. The van der Waals surface area contributed by atoms with E-state index in [4.69, 9.17) is 9.47 Å². The van der Waals surface area contributed by atoms with Crippen molar-refractivity contribution in [3.63, 3.8) is 0 Å². The minimum Gasteiger partial charge on any atom is -0.496 e. The number of esters is 1. The van der Waals surface area contributed by atoms with E-state index >= 15 is 0 Å².